The van der Waals surface area contributed by atoms with Crippen LogP contribution in [0, 0.1) is 19.3 Å². The van der Waals surface area contributed by atoms with Crippen molar-refractivity contribution in [3.8, 4) is 16.9 Å². The molecule has 0 aliphatic carbocycles. The predicted octanol–water partition coefficient (Wildman–Crippen LogP) is 8.09. The molecule has 5 aromatic rings. The number of halogens is 1. The van der Waals surface area contributed by atoms with Gasteiger partial charge in [-0.25, -0.2) is 4.79 Å². The highest BCUT2D eigenvalue weighted by molar-refractivity contribution is 7.99. The second kappa shape index (κ2) is 13.5. The molecule has 6 bridgehead atoms. The summed E-state index contributed by atoms with van der Waals surface area (Å²) in [5.41, 5.74) is 6.74. The molecule has 0 spiro atoms. The fraction of sp³-hybridized carbons (Fsp3) is 0.286. The number of carboxylic acid groups (broad SMARTS) is 1. The molecule has 8 nitrogen and oxygen atoms in total. The van der Waals surface area contributed by atoms with E-state index < -0.39 is 5.97 Å². The number of carboxylic acids is 1. The van der Waals surface area contributed by atoms with Gasteiger partial charge in [0.15, 0.2) is 0 Å². The molecule has 238 valence electrons. The molecule has 0 saturated carbocycles. The number of allylic oxidation sites excluding steroid dienone is 1. The lowest BCUT2D eigenvalue weighted by Crippen LogP contribution is -2.12. The molecule has 46 heavy (non-hydrogen) atoms. The third-order valence-electron chi connectivity index (χ3n) is 8.42. The van der Waals surface area contributed by atoms with E-state index in [1.807, 2.05) is 67.5 Å². The molecule has 0 saturated heterocycles. The summed E-state index contributed by atoms with van der Waals surface area (Å²) < 4.78 is 10.1. The summed E-state index contributed by atoms with van der Waals surface area (Å²) in [5.74, 6) is 1.58. The molecule has 1 aliphatic heterocycles. The lowest BCUT2D eigenvalue weighted by Gasteiger charge is -2.14. The monoisotopic (exact) mass is 673 g/mol. The maximum atomic E-state index is 12.7. The Labute approximate surface area is 281 Å². The van der Waals surface area contributed by atoms with E-state index in [0.717, 1.165) is 60.5 Å². The van der Waals surface area contributed by atoms with E-state index in [0.29, 0.717) is 53.1 Å². The van der Waals surface area contributed by atoms with Gasteiger partial charge in [0.2, 0.25) is 0 Å². The number of rotatable bonds is 2. The van der Waals surface area contributed by atoms with Gasteiger partial charge in [-0.2, -0.15) is 5.10 Å². The van der Waals surface area contributed by atoms with Gasteiger partial charge in [-0.05, 0) is 61.6 Å². The van der Waals surface area contributed by atoms with Gasteiger partial charge < -0.3 is 25.1 Å². The Hall–Kier alpha value is -3.86. The molecule has 3 aromatic carbocycles. The second-order valence-corrected chi connectivity index (χ2v) is 13.8. The fourth-order valence-electron chi connectivity index (χ4n) is 6.18. The quantitative estimate of drug-likeness (QED) is 0.174. The minimum Gasteiger partial charge on any atom is -0.493 e. The zero-order valence-corrected chi connectivity index (χ0v) is 28.6. The third kappa shape index (κ3) is 6.13. The van der Waals surface area contributed by atoms with Crippen LogP contribution in [-0.4, -0.2) is 56.3 Å². The van der Waals surface area contributed by atoms with Gasteiger partial charge in [0.25, 0.3) is 0 Å². The Morgan fingerprint density at radius 1 is 1.11 bits per heavy atom. The first-order valence-electron chi connectivity index (χ1n) is 15.1. The number of aryl methyl sites for hydroxylation is 3. The van der Waals surface area contributed by atoms with Crippen molar-refractivity contribution in [1.29, 1.82) is 5.41 Å². The van der Waals surface area contributed by atoms with E-state index >= 15 is 0 Å². The largest absolute Gasteiger partial charge is 0.493 e. The topological polar surface area (TPSA) is 105 Å². The first kappa shape index (κ1) is 32.1. The molecule has 11 heteroatoms. The summed E-state index contributed by atoms with van der Waals surface area (Å²) in [6.07, 6.45) is 2.51. The van der Waals surface area contributed by atoms with E-state index in [1.165, 1.54) is 0 Å². The first-order valence-corrected chi connectivity index (χ1v) is 17.6. The number of nitrogens with zero attached hydrogens (tertiary/aromatic N) is 3. The van der Waals surface area contributed by atoms with Crippen LogP contribution in [0.2, 0.25) is 5.02 Å². The van der Waals surface area contributed by atoms with E-state index in [4.69, 9.17) is 26.8 Å². The standard InChI is InChI=1S/C35H36ClN5O3S2/c1-20-31-29-11-10-27(36)33(31)32-21(2)40(4)39-28(32)19-45-17-23(37)15-24(38-3)18-46-25-14-22-8-5-6-9-26(22)30(16-25)44-13-7-12-41(29)34(20)35(42)43/h5-6,8-11,14-16,37-38H,7,12-13,17-19H2,1-4H3,(H,42,43)/b24-15-,37-23?. The van der Waals surface area contributed by atoms with Crippen LogP contribution < -0.4 is 10.1 Å². The highest BCUT2D eigenvalue weighted by Crippen LogP contribution is 2.43. The molecule has 1 aliphatic rings. The molecule has 3 heterocycles. The Balaban J connectivity index is 1.47. The molecule has 3 N–H and O–H groups in total. The highest BCUT2D eigenvalue weighted by Gasteiger charge is 2.27. The van der Waals surface area contributed by atoms with Gasteiger partial charge >= 0.3 is 5.97 Å². The number of fused-ring (bicyclic) bond motifs is 6. The number of ether oxygens (including phenoxy) is 1. The van der Waals surface area contributed by atoms with Crippen LogP contribution in [0.1, 0.15) is 33.9 Å². The van der Waals surface area contributed by atoms with Crippen LogP contribution in [-0.2, 0) is 19.3 Å². The molecule has 0 fully saturated rings. The summed E-state index contributed by atoms with van der Waals surface area (Å²) in [7, 11) is 3.80. The molecule has 6 rings (SSSR count). The minimum atomic E-state index is -0.979. The van der Waals surface area contributed by atoms with Crippen molar-refractivity contribution >= 4 is 68.5 Å². The van der Waals surface area contributed by atoms with Crippen molar-refractivity contribution in [2.24, 2.45) is 7.05 Å². The van der Waals surface area contributed by atoms with Crippen LogP contribution in [0.25, 0.3) is 32.8 Å². The molecule has 0 atom stereocenters. The summed E-state index contributed by atoms with van der Waals surface area (Å²) in [4.78, 5) is 13.8. The summed E-state index contributed by atoms with van der Waals surface area (Å²) >= 11 is 10.3. The Bertz CT molecular complexity index is 2030. The number of thioether (sulfide) groups is 2. The molecule has 0 unspecified atom stereocenters. The second-order valence-electron chi connectivity index (χ2n) is 11.3. The van der Waals surface area contributed by atoms with Crippen molar-refractivity contribution < 1.29 is 14.6 Å². The normalized spacial score (nSPS) is 16.0. The number of benzene rings is 3. The van der Waals surface area contributed by atoms with Crippen molar-refractivity contribution in [2.45, 2.75) is 37.5 Å². The zero-order chi connectivity index (χ0) is 32.5. The summed E-state index contributed by atoms with van der Waals surface area (Å²) in [6, 6.07) is 16.2. The number of aromatic nitrogens is 3. The Morgan fingerprint density at radius 3 is 2.70 bits per heavy atom. The molecular weight excluding hydrogens is 638 g/mol. The SMILES string of the molecule is CN/C1=C\C(=N)CSCc2nn(C)c(C)c2-c2c(Cl)ccc3c2c(C)c(C(=O)O)n3CCCOc2cc(cc3ccccc23)SC1. The highest BCUT2D eigenvalue weighted by atomic mass is 35.5. The maximum Gasteiger partial charge on any atom is 0.352 e. The number of carbonyl (C=O) groups is 1. The lowest BCUT2D eigenvalue weighted by atomic mass is 9.97. The van der Waals surface area contributed by atoms with Gasteiger partial charge in [0.1, 0.15) is 11.4 Å². The van der Waals surface area contributed by atoms with Crippen molar-refractivity contribution in [1.82, 2.24) is 19.7 Å². The van der Waals surface area contributed by atoms with Gasteiger partial charge in [-0.1, -0.05) is 35.9 Å². The van der Waals surface area contributed by atoms with Crippen molar-refractivity contribution in [3.05, 3.63) is 88.0 Å². The summed E-state index contributed by atoms with van der Waals surface area (Å²) in [6.45, 7) is 4.75. The number of nitrogens with one attached hydrogen (secondary N) is 2. The fourth-order valence-corrected chi connectivity index (χ4v) is 8.18. The molecule has 0 amide bonds. The minimum absolute atomic E-state index is 0.252. The van der Waals surface area contributed by atoms with Crippen molar-refractivity contribution in [2.75, 3.05) is 25.2 Å². The Morgan fingerprint density at radius 2 is 1.91 bits per heavy atom. The first-order chi connectivity index (χ1) is 22.2. The number of hydrogen-bond donors (Lipinski definition) is 3. The van der Waals surface area contributed by atoms with E-state index in [9.17, 15) is 9.90 Å². The maximum absolute atomic E-state index is 12.7. The average Bonchev–Trinajstić information content (AvgIpc) is 3.48. The average molecular weight is 674 g/mol. The lowest BCUT2D eigenvalue weighted by molar-refractivity contribution is 0.0684. The van der Waals surface area contributed by atoms with Crippen LogP contribution in [0.4, 0.5) is 0 Å². The third-order valence-corrected chi connectivity index (χ3v) is 10.8. The smallest absolute Gasteiger partial charge is 0.352 e. The van der Waals surface area contributed by atoms with E-state index in [1.54, 1.807) is 23.5 Å². The summed E-state index contributed by atoms with van der Waals surface area (Å²) in [5, 5.41) is 30.7. The van der Waals surface area contributed by atoms with Crippen molar-refractivity contribution in [3.63, 3.8) is 0 Å². The van der Waals surface area contributed by atoms with E-state index in [2.05, 4.69) is 29.6 Å². The zero-order valence-electron chi connectivity index (χ0n) is 26.2. The van der Waals surface area contributed by atoms with Gasteiger partial charge in [0.05, 0.1) is 12.3 Å². The predicted molar refractivity (Wildman–Crippen MR) is 191 cm³/mol. The molecular formula is C35H36ClN5O3S2. The van der Waals surface area contributed by atoms with Gasteiger partial charge in [-0.3, -0.25) is 4.68 Å². The molecule has 2 aromatic heterocycles. The van der Waals surface area contributed by atoms with Gasteiger partial charge in [0, 0.05) is 92.3 Å². The van der Waals surface area contributed by atoms with Crippen LogP contribution in [0.3, 0.4) is 0 Å². The van der Waals surface area contributed by atoms with E-state index in [-0.39, 0.29) is 5.69 Å². The number of hydrogen-bond acceptors (Lipinski definition) is 7. The Kier molecular flexibility index (Phi) is 9.40. The number of aromatic carboxylic acids is 1. The molecule has 0 radical (unpaired) electrons. The van der Waals surface area contributed by atoms with Crippen LogP contribution >= 0.6 is 35.1 Å². The van der Waals surface area contributed by atoms with Gasteiger partial charge in [-0.15, -0.1) is 23.5 Å². The van der Waals surface area contributed by atoms with Crippen LogP contribution in [0.15, 0.2) is 65.2 Å². The van der Waals surface area contributed by atoms with Crippen LogP contribution in [0.5, 0.6) is 5.75 Å².